The van der Waals surface area contributed by atoms with E-state index in [4.69, 9.17) is 21.1 Å². The van der Waals surface area contributed by atoms with Gasteiger partial charge in [-0.3, -0.25) is 4.90 Å². The molecule has 2 aromatic carbocycles. The molecule has 1 heterocycles. The van der Waals surface area contributed by atoms with Crippen molar-refractivity contribution in [2.24, 2.45) is 0 Å². The van der Waals surface area contributed by atoms with Crippen LogP contribution in [0.1, 0.15) is 29.2 Å². The molecule has 4 rings (SSSR count). The summed E-state index contributed by atoms with van der Waals surface area (Å²) in [7, 11) is 3.35. The van der Waals surface area contributed by atoms with Crippen LogP contribution in [-0.2, 0) is 13.0 Å². The van der Waals surface area contributed by atoms with Crippen LogP contribution < -0.4 is 14.8 Å². The van der Waals surface area contributed by atoms with Crippen LogP contribution in [-0.4, -0.2) is 56.2 Å². The number of carbonyl (C=O) groups excluding carboxylic acids is 1. The van der Waals surface area contributed by atoms with Gasteiger partial charge in [0.05, 0.1) is 20.3 Å². The van der Waals surface area contributed by atoms with Gasteiger partial charge in [0.25, 0.3) is 0 Å². The second kappa shape index (κ2) is 9.14. The van der Waals surface area contributed by atoms with E-state index in [1.807, 2.05) is 41.3 Å². The fourth-order valence-corrected chi connectivity index (χ4v) is 4.53. The van der Waals surface area contributed by atoms with Crippen LogP contribution in [0, 0.1) is 0 Å². The lowest BCUT2D eigenvalue weighted by molar-refractivity contribution is 0.132. The molecule has 0 bridgehead atoms. The van der Waals surface area contributed by atoms with E-state index in [-0.39, 0.29) is 12.1 Å². The SMILES string of the molecule is COc1ccc(OC)c(CN2CCN(C(=O)NC3CCc4cc(Cl)ccc43)CC2)c1. The third-order valence-corrected chi connectivity index (χ3v) is 6.26. The second-order valence-corrected chi connectivity index (χ2v) is 8.26. The zero-order valence-corrected chi connectivity index (χ0v) is 18.2. The van der Waals surface area contributed by atoms with Gasteiger partial charge < -0.3 is 19.7 Å². The Kier molecular flexibility index (Phi) is 6.35. The number of aryl methyl sites for hydroxylation is 1. The standard InChI is InChI=1S/C23H28ClN3O3/c1-29-19-5-8-22(30-2)17(14-19)15-26-9-11-27(12-10-26)23(28)25-21-7-3-16-13-18(24)4-6-20(16)21/h4-6,8,13-14,21H,3,7,9-12,15H2,1-2H3,(H,25,28). The first-order valence-corrected chi connectivity index (χ1v) is 10.7. The van der Waals surface area contributed by atoms with Crippen molar-refractivity contribution in [2.75, 3.05) is 40.4 Å². The van der Waals surface area contributed by atoms with Crippen LogP contribution in [0.15, 0.2) is 36.4 Å². The van der Waals surface area contributed by atoms with E-state index < -0.39 is 0 Å². The smallest absolute Gasteiger partial charge is 0.317 e. The molecule has 1 atom stereocenters. The van der Waals surface area contributed by atoms with E-state index in [0.29, 0.717) is 13.1 Å². The van der Waals surface area contributed by atoms with Crippen LogP contribution in [0.25, 0.3) is 0 Å². The number of urea groups is 1. The number of benzene rings is 2. The topological polar surface area (TPSA) is 54.0 Å². The summed E-state index contributed by atoms with van der Waals surface area (Å²) in [5.74, 6) is 1.68. The number of nitrogens with zero attached hydrogens (tertiary/aromatic N) is 2. The van der Waals surface area contributed by atoms with Gasteiger partial charge in [0.15, 0.2) is 0 Å². The Morgan fingerprint density at radius 1 is 1.10 bits per heavy atom. The third-order valence-electron chi connectivity index (χ3n) is 6.02. The van der Waals surface area contributed by atoms with Gasteiger partial charge >= 0.3 is 6.03 Å². The maximum atomic E-state index is 12.8. The third kappa shape index (κ3) is 4.50. The van der Waals surface area contributed by atoms with Gasteiger partial charge in [-0.15, -0.1) is 0 Å². The van der Waals surface area contributed by atoms with Crippen LogP contribution in [0.4, 0.5) is 4.79 Å². The number of hydrogen-bond donors (Lipinski definition) is 1. The fraction of sp³-hybridized carbons (Fsp3) is 0.435. The van der Waals surface area contributed by atoms with Crippen molar-refractivity contribution in [1.82, 2.24) is 15.1 Å². The molecular weight excluding hydrogens is 402 g/mol. The maximum Gasteiger partial charge on any atom is 0.317 e. The molecule has 30 heavy (non-hydrogen) atoms. The highest BCUT2D eigenvalue weighted by Gasteiger charge is 2.28. The molecule has 7 heteroatoms. The zero-order valence-electron chi connectivity index (χ0n) is 17.5. The molecule has 1 unspecified atom stereocenters. The molecule has 160 valence electrons. The Hall–Kier alpha value is -2.44. The lowest BCUT2D eigenvalue weighted by Gasteiger charge is -2.35. The molecule has 2 aromatic rings. The number of fused-ring (bicyclic) bond motifs is 1. The van der Waals surface area contributed by atoms with Crippen LogP contribution in [0.2, 0.25) is 5.02 Å². The number of piperazine rings is 1. The predicted molar refractivity (Wildman–Crippen MR) is 117 cm³/mol. The highest BCUT2D eigenvalue weighted by molar-refractivity contribution is 6.30. The van der Waals surface area contributed by atoms with Crippen LogP contribution in [0.3, 0.4) is 0 Å². The number of ether oxygens (including phenoxy) is 2. The Morgan fingerprint density at radius 3 is 2.63 bits per heavy atom. The summed E-state index contributed by atoms with van der Waals surface area (Å²) >= 11 is 6.09. The second-order valence-electron chi connectivity index (χ2n) is 7.82. The number of amides is 2. The zero-order chi connectivity index (χ0) is 21.1. The van der Waals surface area contributed by atoms with E-state index in [2.05, 4.69) is 10.2 Å². The van der Waals surface area contributed by atoms with Gasteiger partial charge in [-0.1, -0.05) is 17.7 Å². The number of rotatable bonds is 5. The molecule has 1 N–H and O–H groups in total. The van der Waals surface area contributed by atoms with Crippen LogP contribution >= 0.6 is 11.6 Å². The summed E-state index contributed by atoms with van der Waals surface area (Å²) in [6.07, 6.45) is 1.88. The van der Waals surface area contributed by atoms with Crippen molar-refractivity contribution in [3.8, 4) is 11.5 Å². The summed E-state index contributed by atoms with van der Waals surface area (Å²) in [5.41, 5.74) is 3.53. The molecule has 0 aromatic heterocycles. The number of carbonyl (C=O) groups is 1. The summed E-state index contributed by atoms with van der Waals surface area (Å²) in [6, 6.07) is 11.9. The van der Waals surface area contributed by atoms with E-state index >= 15 is 0 Å². The molecule has 1 aliphatic carbocycles. The minimum Gasteiger partial charge on any atom is -0.497 e. The van der Waals surface area contributed by atoms with Crippen molar-refractivity contribution >= 4 is 17.6 Å². The summed E-state index contributed by atoms with van der Waals surface area (Å²) in [4.78, 5) is 17.1. The quantitative estimate of drug-likeness (QED) is 0.783. The predicted octanol–water partition coefficient (Wildman–Crippen LogP) is 3.87. The number of hydrogen-bond acceptors (Lipinski definition) is 4. The van der Waals surface area contributed by atoms with E-state index in [0.717, 1.165) is 54.6 Å². The maximum absolute atomic E-state index is 12.8. The van der Waals surface area contributed by atoms with Gasteiger partial charge in [-0.05, 0) is 54.3 Å². The van der Waals surface area contributed by atoms with Crippen molar-refractivity contribution < 1.29 is 14.3 Å². The molecule has 6 nitrogen and oxygen atoms in total. The summed E-state index contributed by atoms with van der Waals surface area (Å²) in [6.45, 7) is 3.83. The van der Waals surface area contributed by atoms with Gasteiger partial charge in [0.1, 0.15) is 11.5 Å². The molecule has 0 radical (unpaired) electrons. The van der Waals surface area contributed by atoms with Crippen molar-refractivity contribution in [3.05, 3.63) is 58.1 Å². The van der Waals surface area contributed by atoms with Crippen molar-refractivity contribution in [2.45, 2.75) is 25.4 Å². The Bertz CT molecular complexity index is 913. The highest BCUT2D eigenvalue weighted by atomic mass is 35.5. The van der Waals surface area contributed by atoms with Gasteiger partial charge in [0, 0.05) is 43.3 Å². The number of nitrogens with one attached hydrogen (secondary N) is 1. The molecule has 2 aliphatic rings. The molecule has 1 saturated heterocycles. The van der Waals surface area contributed by atoms with Gasteiger partial charge in [0.2, 0.25) is 0 Å². The van der Waals surface area contributed by atoms with Gasteiger partial charge in [-0.2, -0.15) is 0 Å². The molecule has 0 saturated carbocycles. The molecular formula is C23H28ClN3O3. The molecule has 1 aliphatic heterocycles. The Morgan fingerprint density at radius 2 is 1.90 bits per heavy atom. The first kappa shape index (κ1) is 20.8. The molecule has 1 fully saturated rings. The molecule has 2 amide bonds. The van der Waals surface area contributed by atoms with Gasteiger partial charge in [-0.25, -0.2) is 4.79 Å². The van der Waals surface area contributed by atoms with Crippen molar-refractivity contribution in [3.63, 3.8) is 0 Å². The van der Waals surface area contributed by atoms with E-state index in [9.17, 15) is 4.79 Å². The minimum atomic E-state index is 0.0152. The van der Waals surface area contributed by atoms with E-state index in [1.54, 1.807) is 14.2 Å². The van der Waals surface area contributed by atoms with Crippen LogP contribution in [0.5, 0.6) is 11.5 Å². The normalized spacial score (nSPS) is 18.8. The lowest BCUT2D eigenvalue weighted by Crippen LogP contribution is -2.51. The van der Waals surface area contributed by atoms with E-state index in [1.165, 1.54) is 11.1 Å². The Labute approximate surface area is 182 Å². The number of methoxy groups -OCH3 is 2. The summed E-state index contributed by atoms with van der Waals surface area (Å²) in [5, 5.41) is 3.97. The highest BCUT2D eigenvalue weighted by Crippen LogP contribution is 2.33. The lowest BCUT2D eigenvalue weighted by atomic mass is 10.1. The fourth-order valence-electron chi connectivity index (χ4n) is 4.33. The number of halogens is 1. The average Bonchev–Trinajstić information content (AvgIpc) is 3.15. The first-order chi connectivity index (χ1) is 14.6. The Balaban J connectivity index is 1.31. The van der Waals surface area contributed by atoms with Crippen molar-refractivity contribution in [1.29, 1.82) is 0 Å². The minimum absolute atomic E-state index is 0.0152. The first-order valence-electron chi connectivity index (χ1n) is 10.3. The summed E-state index contributed by atoms with van der Waals surface area (Å²) < 4.78 is 10.8. The average molecular weight is 430 g/mol. The monoisotopic (exact) mass is 429 g/mol. The molecule has 0 spiro atoms. The largest absolute Gasteiger partial charge is 0.497 e.